The zero-order chi connectivity index (χ0) is 7.11. The molecular formula is C3H6I2NPS2. The second-order valence-electron chi connectivity index (χ2n) is 1.00. The van der Waals surface area contributed by atoms with Crippen LogP contribution in [0, 0.1) is 0 Å². The normalized spacial score (nSPS) is 11.6. The molecule has 0 fully saturated rings. The lowest BCUT2D eigenvalue weighted by Crippen LogP contribution is -1.81. The smallest absolute Gasteiger partial charge is 0.0635 e. The molecule has 0 heterocycles. The van der Waals surface area contributed by atoms with Gasteiger partial charge < -0.3 is 5.09 Å². The number of rotatable bonds is 3. The van der Waals surface area contributed by atoms with Gasteiger partial charge in [-0.05, 0) is 4.42 Å². The Morgan fingerprint density at radius 1 is 1.67 bits per heavy atom. The summed E-state index contributed by atoms with van der Waals surface area (Å²) in [6, 6.07) is 0. The van der Waals surface area contributed by atoms with Crippen molar-refractivity contribution in [1.82, 2.24) is 5.09 Å². The van der Waals surface area contributed by atoms with Crippen molar-refractivity contribution in [2.75, 3.05) is 5.75 Å². The van der Waals surface area contributed by atoms with Crippen molar-refractivity contribution in [2.45, 2.75) is 0 Å². The lowest BCUT2D eigenvalue weighted by Gasteiger charge is -1.86. The number of hydrogen-bond acceptors (Lipinski definition) is 1. The van der Waals surface area contributed by atoms with E-state index in [1.165, 1.54) is 7.51 Å². The highest BCUT2D eigenvalue weighted by molar-refractivity contribution is 14.3. The molecule has 0 amide bonds. The Bertz CT molecular complexity index is 123. The van der Waals surface area contributed by atoms with Crippen LogP contribution in [-0.4, -0.2) is 5.75 Å². The fraction of sp³-hybridized carbons (Fsp3) is 0.333. The van der Waals surface area contributed by atoms with E-state index in [1.807, 2.05) is 12.3 Å². The monoisotopic (exact) mass is 405 g/mol. The Balaban J connectivity index is 3.29. The molecule has 0 aliphatic rings. The van der Waals surface area contributed by atoms with Crippen molar-refractivity contribution in [2.24, 2.45) is 0 Å². The van der Waals surface area contributed by atoms with Gasteiger partial charge in [-0.1, -0.05) is 6.08 Å². The highest BCUT2D eigenvalue weighted by Gasteiger charge is 1.73. The Kier molecular flexibility index (Phi) is 9.90. The molecule has 0 spiro atoms. The first kappa shape index (κ1) is 11.0. The van der Waals surface area contributed by atoms with Crippen LogP contribution in [0.1, 0.15) is 0 Å². The Morgan fingerprint density at radius 3 is 2.78 bits per heavy atom. The molecule has 0 rings (SSSR count). The molecule has 0 unspecified atom stereocenters. The molecule has 0 radical (unpaired) electrons. The van der Waals surface area contributed by atoms with Crippen LogP contribution in [0.2, 0.25) is 0 Å². The first-order chi connectivity index (χ1) is 4.27. The van der Waals surface area contributed by atoms with E-state index in [1.54, 1.807) is 0 Å². The SMILES string of the molecule is SC/C=C/NP=S(I)I. The predicted molar refractivity (Wildman–Crippen MR) is 68.5 cm³/mol. The molecular weight excluding hydrogens is 399 g/mol. The molecule has 0 aromatic rings. The quantitative estimate of drug-likeness (QED) is 0.418. The molecule has 0 bridgehead atoms. The van der Waals surface area contributed by atoms with Gasteiger partial charge in [-0.3, -0.25) is 0 Å². The van der Waals surface area contributed by atoms with Crippen LogP contribution in [0.3, 0.4) is 0 Å². The van der Waals surface area contributed by atoms with Crippen molar-refractivity contribution >= 4 is 67.0 Å². The Labute approximate surface area is 88.8 Å². The zero-order valence-electron chi connectivity index (χ0n) is 4.42. The molecule has 1 N–H and O–H groups in total. The average Bonchev–Trinajstić information content (AvgIpc) is 1.80. The van der Waals surface area contributed by atoms with Crippen LogP contribution in [0.15, 0.2) is 12.3 Å². The topological polar surface area (TPSA) is 12.0 Å². The van der Waals surface area contributed by atoms with Gasteiger partial charge in [-0.15, -0.1) is 0 Å². The third-order valence-corrected chi connectivity index (χ3v) is 5.30. The average molecular weight is 405 g/mol. The summed E-state index contributed by atoms with van der Waals surface area (Å²) in [4.78, 5) is 0. The van der Waals surface area contributed by atoms with E-state index in [2.05, 4.69) is 60.1 Å². The molecule has 1 nitrogen and oxygen atoms in total. The van der Waals surface area contributed by atoms with E-state index < -0.39 is 0 Å². The molecule has 0 aromatic heterocycles. The highest BCUT2D eigenvalue weighted by atomic mass is 127. The summed E-state index contributed by atoms with van der Waals surface area (Å²) in [6.07, 6.45) is 3.92. The molecule has 0 saturated heterocycles. The van der Waals surface area contributed by atoms with Gasteiger partial charge in [0, 0.05) is 54.4 Å². The van der Waals surface area contributed by atoms with Crippen LogP contribution < -0.4 is 5.09 Å². The molecule has 0 aromatic carbocycles. The zero-order valence-corrected chi connectivity index (χ0v) is 11.3. The van der Waals surface area contributed by atoms with Crippen LogP contribution in [0.4, 0.5) is 0 Å². The molecule has 9 heavy (non-hydrogen) atoms. The van der Waals surface area contributed by atoms with E-state index >= 15 is 0 Å². The van der Waals surface area contributed by atoms with Gasteiger partial charge in [0.1, 0.15) is 0 Å². The van der Waals surface area contributed by atoms with Crippen molar-refractivity contribution in [3.63, 3.8) is 0 Å². The molecule has 6 heteroatoms. The predicted octanol–water partition coefficient (Wildman–Crippen LogP) is 3.11. The van der Waals surface area contributed by atoms with Gasteiger partial charge in [0.25, 0.3) is 0 Å². The van der Waals surface area contributed by atoms with Crippen LogP contribution in [-0.2, 0) is 4.42 Å². The van der Waals surface area contributed by atoms with E-state index in [4.69, 9.17) is 0 Å². The molecule has 54 valence electrons. The lowest BCUT2D eigenvalue weighted by molar-refractivity contribution is 1.41. The minimum Gasteiger partial charge on any atom is -0.339 e. The summed E-state index contributed by atoms with van der Waals surface area (Å²) in [5.74, 6) is 0.804. The van der Waals surface area contributed by atoms with Gasteiger partial charge in [0.15, 0.2) is 0 Å². The summed E-state index contributed by atoms with van der Waals surface area (Å²) in [6.45, 7) is 0. The maximum atomic E-state index is 4.01. The van der Waals surface area contributed by atoms with Crippen molar-refractivity contribution in [3.8, 4) is 0 Å². The number of nitrogens with one attached hydrogen (secondary N) is 1. The number of hydrogen-bond donors (Lipinski definition) is 2. The van der Waals surface area contributed by atoms with Crippen LogP contribution in [0.5, 0.6) is 0 Å². The Morgan fingerprint density at radius 2 is 2.33 bits per heavy atom. The van der Waals surface area contributed by atoms with Gasteiger partial charge >= 0.3 is 0 Å². The fourth-order valence-corrected chi connectivity index (χ4v) is 3.00. The summed E-state index contributed by atoms with van der Waals surface area (Å²) in [5.41, 5.74) is 0. The maximum Gasteiger partial charge on any atom is 0.0635 e. The van der Waals surface area contributed by atoms with Gasteiger partial charge in [0.2, 0.25) is 0 Å². The van der Waals surface area contributed by atoms with E-state index in [9.17, 15) is 0 Å². The standard InChI is InChI=1S/C3H6I2NPS2/c4-9(5)7-6-2-1-3-8/h1-2,6,8H,3H2/b2-1+. The summed E-state index contributed by atoms with van der Waals surface area (Å²) >= 11 is 8.78. The maximum absolute atomic E-state index is 4.01. The van der Waals surface area contributed by atoms with Crippen molar-refractivity contribution < 1.29 is 0 Å². The minimum absolute atomic E-state index is 0.406. The summed E-state index contributed by atoms with van der Waals surface area (Å²) in [7, 11) is 1.27. The van der Waals surface area contributed by atoms with E-state index in [-0.39, 0.29) is 0 Å². The lowest BCUT2D eigenvalue weighted by atomic mass is 10.7. The second-order valence-corrected chi connectivity index (χ2v) is 18.4. The molecule has 0 aliphatic carbocycles. The third kappa shape index (κ3) is 10.0. The van der Waals surface area contributed by atoms with Crippen LogP contribution in [0.25, 0.3) is 0 Å². The number of halogens is 2. The first-order valence-corrected chi connectivity index (χ1v) is 10.5. The first-order valence-electron chi connectivity index (χ1n) is 2.06. The molecule has 0 atom stereocenters. The third-order valence-electron chi connectivity index (χ3n) is 0.420. The summed E-state index contributed by atoms with van der Waals surface area (Å²) in [5, 5.41) is 3.13. The van der Waals surface area contributed by atoms with Crippen molar-refractivity contribution in [1.29, 1.82) is 0 Å². The highest BCUT2D eigenvalue weighted by Crippen LogP contribution is 2.16. The second kappa shape index (κ2) is 8.10. The van der Waals surface area contributed by atoms with Crippen LogP contribution >= 0.6 is 62.5 Å². The van der Waals surface area contributed by atoms with E-state index in [0.717, 1.165) is 5.75 Å². The summed E-state index contributed by atoms with van der Waals surface area (Å²) < 4.78 is 0.406. The van der Waals surface area contributed by atoms with Gasteiger partial charge in [-0.25, -0.2) is 0 Å². The fourth-order valence-electron chi connectivity index (χ4n) is 0.176. The Hall–Kier alpha value is 2.00. The number of thiol groups is 1. The largest absolute Gasteiger partial charge is 0.339 e. The molecule has 0 aliphatic heterocycles. The van der Waals surface area contributed by atoms with Gasteiger partial charge in [0.05, 0.1) is 7.51 Å². The van der Waals surface area contributed by atoms with E-state index in [0.29, 0.717) is 4.42 Å². The van der Waals surface area contributed by atoms with Gasteiger partial charge in [-0.2, -0.15) is 12.6 Å². The molecule has 0 saturated carbocycles. The minimum atomic E-state index is 0.406. The van der Waals surface area contributed by atoms with Crippen molar-refractivity contribution in [3.05, 3.63) is 12.3 Å².